The molecule has 0 aromatic rings. The summed E-state index contributed by atoms with van der Waals surface area (Å²) in [5.41, 5.74) is -3.73. The highest BCUT2D eigenvalue weighted by Gasteiger charge is 2.74. The quantitative estimate of drug-likeness (QED) is 0.330. The average Bonchev–Trinajstić information content (AvgIpc) is 3.54. The van der Waals surface area contributed by atoms with E-state index in [-0.39, 0.29) is 31.0 Å². The lowest BCUT2D eigenvalue weighted by Gasteiger charge is -2.67. The fourth-order valence-corrected chi connectivity index (χ4v) is 8.20. The van der Waals surface area contributed by atoms with Gasteiger partial charge in [0, 0.05) is 44.8 Å². The summed E-state index contributed by atoms with van der Waals surface area (Å²) in [7, 11) is 3.00. The molecule has 3 saturated carbocycles. The molecule has 4 aliphatic carbocycles. The van der Waals surface area contributed by atoms with E-state index in [4.69, 9.17) is 18.9 Å². The molecular formula is C27H38O9. The number of hydrogen-bond donors (Lipinski definition) is 2. The van der Waals surface area contributed by atoms with Crippen LogP contribution in [0.1, 0.15) is 53.9 Å². The molecule has 2 bridgehead atoms. The lowest BCUT2D eigenvalue weighted by molar-refractivity contribution is -0.337. The Hall–Kier alpha value is -1.65. The Morgan fingerprint density at radius 3 is 2.25 bits per heavy atom. The van der Waals surface area contributed by atoms with E-state index in [9.17, 15) is 24.6 Å². The van der Waals surface area contributed by atoms with Gasteiger partial charge in [0.05, 0.1) is 29.8 Å². The van der Waals surface area contributed by atoms with Gasteiger partial charge in [0.1, 0.15) is 29.5 Å². The maximum absolute atomic E-state index is 14.5. The van der Waals surface area contributed by atoms with Crippen molar-refractivity contribution in [1.29, 1.82) is 0 Å². The van der Waals surface area contributed by atoms with Crippen molar-refractivity contribution in [2.75, 3.05) is 20.8 Å². The second-order valence-corrected chi connectivity index (χ2v) is 12.3. The molecule has 9 heteroatoms. The van der Waals surface area contributed by atoms with Crippen LogP contribution in [0.2, 0.25) is 0 Å². The number of hydrogen-bond acceptors (Lipinski definition) is 9. The summed E-state index contributed by atoms with van der Waals surface area (Å²) < 4.78 is 23.3. The number of aliphatic hydroxyl groups is 2. The van der Waals surface area contributed by atoms with Crippen LogP contribution < -0.4 is 0 Å². The molecule has 1 heterocycles. The van der Waals surface area contributed by atoms with E-state index in [1.54, 1.807) is 14.0 Å². The first-order valence-electron chi connectivity index (χ1n) is 12.8. The van der Waals surface area contributed by atoms with E-state index in [1.807, 2.05) is 27.7 Å². The van der Waals surface area contributed by atoms with Crippen LogP contribution in [0.4, 0.5) is 0 Å². The van der Waals surface area contributed by atoms with Gasteiger partial charge in [0.25, 0.3) is 0 Å². The second-order valence-electron chi connectivity index (χ2n) is 12.3. The Balaban J connectivity index is 1.71. The van der Waals surface area contributed by atoms with Crippen LogP contribution in [0.5, 0.6) is 0 Å². The molecule has 0 amide bonds. The molecule has 9 nitrogen and oxygen atoms in total. The Morgan fingerprint density at radius 2 is 1.75 bits per heavy atom. The molecule has 0 spiro atoms. The van der Waals surface area contributed by atoms with Gasteiger partial charge >= 0.3 is 5.97 Å². The SMILES string of the molecule is COC1C(=O)[C@]2(C)C(OC)CC3OCC3(O)C2[C@H](C)C2(O)CC(OC(=O)C3CC3=O)C(C)=C1C2(C)C. The van der Waals surface area contributed by atoms with E-state index in [0.717, 1.165) is 0 Å². The molecule has 2 N–H and O–H groups in total. The summed E-state index contributed by atoms with van der Waals surface area (Å²) in [6, 6.07) is 0. The highest BCUT2D eigenvalue weighted by atomic mass is 16.6. The van der Waals surface area contributed by atoms with Crippen molar-refractivity contribution >= 4 is 17.5 Å². The lowest BCUT2D eigenvalue weighted by atomic mass is 9.42. The number of carbonyl (C=O) groups excluding carboxylic acids is 3. The van der Waals surface area contributed by atoms with Gasteiger partial charge in [-0.3, -0.25) is 14.4 Å². The molecular weight excluding hydrogens is 468 g/mol. The molecule has 1 saturated heterocycles. The molecule has 1 aliphatic heterocycles. The molecule has 36 heavy (non-hydrogen) atoms. The molecule has 200 valence electrons. The zero-order chi connectivity index (χ0) is 26.6. The van der Waals surface area contributed by atoms with Crippen LogP contribution in [0, 0.1) is 28.6 Å². The van der Waals surface area contributed by atoms with Gasteiger partial charge in [-0.15, -0.1) is 0 Å². The molecule has 4 fully saturated rings. The number of rotatable bonds is 4. The van der Waals surface area contributed by atoms with Crippen molar-refractivity contribution in [3.8, 4) is 0 Å². The van der Waals surface area contributed by atoms with Gasteiger partial charge in [-0.1, -0.05) is 20.8 Å². The van der Waals surface area contributed by atoms with Gasteiger partial charge in [-0.2, -0.15) is 0 Å². The number of Topliss-reactive ketones (excluding diaryl/α,β-unsaturated/α-hetero) is 2. The summed E-state index contributed by atoms with van der Waals surface area (Å²) in [5.74, 6) is -3.08. The number of esters is 1. The van der Waals surface area contributed by atoms with Crippen LogP contribution in [-0.2, 0) is 33.3 Å². The van der Waals surface area contributed by atoms with Gasteiger partial charge in [0.2, 0.25) is 0 Å². The number of methoxy groups -OCH3 is 2. The van der Waals surface area contributed by atoms with Crippen molar-refractivity contribution in [3.63, 3.8) is 0 Å². The highest BCUT2D eigenvalue weighted by Crippen LogP contribution is 2.65. The fraction of sp³-hybridized carbons (Fsp3) is 0.815. The molecule has 5 aliphatic rings. The Labute approximate surface area is 211 Å². The number of ketones is 2. The molecule has 5 rings (SSSR count). The predicted molar refractivity (Wildman–Crippen MR) is 126 cm³/mol. The van der Waals surface area contributed by atoms with Crippen LogP contribution in [0.3, 0.4) is 0 Å². The summed E-state index contributed by atoms with van der Waals surface area (Å²) in [6.45, 7) is 9.28. The summed E-state index contributed by atoms with van der Waals surface area (Å²) in [4.78, 5) is 38.8. The van der Waals surface area contributed by atoms with Gasteiger partial charge in [-0.05, 0) is 30.9 Å². The fourth-order valence-electron chi connectivity index (χ4n) is 8.20. The smallest absolute Gasteiger partial charge is 0.317 e. The van der Waals surface area contributed by atoms with Crippen LogP contribution in [0.15, 0.2) is 11.1 Å². The maximum atomic E-state index is 14.5. The van der Waals surface area contributed by atoms with Gasteiger partial charge < -0.3 is 29.2 Å². The summed E-state index contributed by atoms with van der Waals surface area (Å²) >= 11 is 0. The van der Waals surface area contributed by atoms with E-state index in [2.05, 4.69) is 0 Å². The Morgan fingerprint density at radius 1 is 1.11 bits per heavy atom. The second kappa shape index (κ2) is 7.93. The van der Waals surface area contributed by atoms with Crippen molar-refractivity contribution < 1.29 is 43.5 Å². The minimum Gasteiger partial charge on any atom is -0.457 e. The highest BCUT2D eigenvalue weighted by molar-refractivity contribution is 6.12. The van der Waals surface area contributed by atoms with E-state index >= 15 is 0 Å². The zero-order valence-electron chi connectivity index (χ0n) is 22.1. The third-order valence-corrected chi connectivity index (χ3v) is 10.5. The maximum Gasteiger partial charge on any atom is 0.317 e. The molecule has 10 atom stereocenters. The number of ether oxygens (including phenoxy) is 4. The zero-order valence-corrected chi connectivity index (χ0v) is 22.1. The minimum absolute atomic E-state index is 0.0596. The first kappa shape index (κ1) is 26.0. The third kappa shape index (κ3) is 3.04. The standard InChI is InChI=1S/C27H38O9/c1-12-16(36-23(30)14-8-15(14)28)10-27(32)13(2)21-25(5,17(33-6)9-18-26(21,31)11-35-18)22(29)20(34-7)19(12)24(27,3)4/h13-14,16-18,20-21,31-32H,8-11H2,1-7H3/t13-,14?,16?,17?,18?,20?,21?,25+,26?,27?/m0/s1. The largest absolute Gasteiger partial charge is 0.457 e. The van der Waals surface area contributed by atoms with Crippen molar-refractivity contribution in [2.24, 2.45) is 28.6 Å². The molecule has 0 aromatic heterocycles. The van der Waals surface area contributed by atoms with E-state index < -0.39 is 70.2 Å². The average molecular weight is 507 g/mol. The monoisotopic (exact) mass is 506 g/mol. The molecule has 8 unspecified atom stereocenters. The van der Waals surface area contributed by atoms with Gasteiger partial charge in [-0.25, -0.2) is 0 Å². The molecule has 0 radical (unpaired) electrons. The third-order valence-electron chi connectivity index (χ3n) is 10.5. The van der Waals surface area contributed by atoms with Crippen molar-refractivity contribution in [1.82, 2.24) is 0 Å². The number of fused-ring (bicyclic) bond motifs is 5. The Kier molecular flexibility index (Phi) is 5.72. The van der Waals surface area contributed by atoms with E-state index in [1.165, 1.54) is 7.11 Å². The Bertz CT molecular complexity index is 1050. The predicted octanol–water partition coefficient (Wildman–Crippen LogP) is 1.37. The number of carbonyl (C=O) groups is 3. The van der Waals surface area contributed by atoms with Crippen LogP contribution >= 0.6 is 0 Å². The first-order chi connectivity index (χ1) is 16.7. The lowest BCUT2D eigenvalue weighted by Crippen LogP contribution is -2.79. The minimum atomic E-state index is -1.49. The van der Waals surface area contributed by atoms with Crippen molar-refractivity contribution in [3.05, 3.63) is 11.1 Å². The first-order valence-corrected chi connectivity index (χ1v) is 12.8. The van der Waals surface area contributed by atoms with E-state index in [0.29, 0.717) is 17.6 Å². The van der Waals surface area contributed by atoms with Gasteiger partial charge in [0.15, 0.2) is 5.78 Å². The summed E-state index contributed by atoms with van der Waals surface area (Å²) in [6.07, 6.45) is -2.36. The molecule has 0 aromatic carbocycles. The van der Waals surface area contributed by atoms with Crippen LogP contribution in [0.25, 0.3) is 0 Å². The normalized spacial score (nSPS) is 49.3. The topological polar surface area (TPSA) is 129 Å². The van der Waals surface area contributed by atoms with Crippen molar-refractivity contribution in [2.45, 2.75) is 89.5 Å². The summed E-state index contributed by atoms with van der Waals surface area (Å²) in [5, 5.41) is 24.5. The van der Waals surface area contributed by atoms with Crippen LogP contribution in [-0.4, -0.2) is 84.2 Å².